The minimum Gasteiger partial charge on any atom is -0.483 e. The first-order chi connectivity index (χ1) is 11.3. The van der Waals surface area contributed by atoms with Gasteiger partial charge in [0.15, 0.2) is 6.61 Å². The topological polar surface area (TPSA) is 84.5 Å². The fourth-order valence-electron chi connectivity index (χ4n) is 1.57. The summed E-state index contributed by atoms with van der Waals surface area (Å²) in [6.45, 7) is -0.358. The van der Waals surface area contributed by atoms with Crippen molar-refractivity contribution in [3.63, 3.8) is 0 Å². The minimum atomic E-state index is -3.88. The molecule has 0 fully saturated rings. The van der Waals surface area contributed by atoms with Crippen molar-refractivity contribution in [2.45, 2.75) is 4.90 Å². The second-order valence-electron chi connectivity index (χ2n) is 4.47. The van der Waals surface area contributed by atoms with Crippen molar-refractivity contribution in [3.05, 3.63) is 56.4 Å². The van der Waals surface area contributed by atoms with E-state index in [0.717, 1.165) is 4.47 Å². The van der Waals surface area contributed by atoms with Crippen molar-refractivity contribution in [2.24, 2.45) is 0 Å². The summed E-state index contributed by atoms with van der Waals surface area (Å²) in [5.74, 6) is -0.198. The van der Waals surface area contributed by atoms with Gasteiger partial charge >= 0.3 is 0 Å². The molecule has 0 aromatic heterocycles. The number of carbonyl (C=O) groups is 1. The van der Waals surface area contributed by atoms with Crippen molar-refractivity contribution < 1.29 is 17.9 Å². The van der Waals surface area contributed by atoms with Crippen LogP contribution in [-0.2, 0) is 14.8 Å². The van der Waals surface area contributed by atoms with Crippen LogP contribution in [0.1, 0.15) is 0 Å². The van der Waals surface area contributed by atoms with E-state index in [2.05, 4.69) is 37.3 Å². The Hall–Kier alpha value is -1.13. The molecule has 24 heavy (non-hydrogen) atoms. The number of hydrogen-bond donors (Lipinski definition) is 2. The molecule has 0 aliphatic heterocycles. The highest BCUT2D eigenvalue weighted by Crippen LogP contribution is 2.28. The van der Waals surface area contributed by atoms with Crippen LogP contribution in [0.3, 0.4) is 0 Å². The zero-order chi connectivity index (χ0) is 17.7. The van der Waals surface area contributed by atoms with Gasteiger partial charge in [-0.2, -0.15) is 0 Å². The molecule has 2 N–H and O–H groups in total. The van der Waals surface area contributed by atoms with Gasteiger partial charge in [-0.1, -0.05) is 27.5 Å². The molecular formula is C14H11Br2ClN2O4S. The lowest BCUT2D eigenvalue weighted by Crippen LogP contribution is -2.43. The maximum Gasteiger partial charge on any atom is 0.272 e. The molecule has 0 aliphatic rings. The number of carbonyl (C=O) groups excluding carboxylic acids is 1. The highest BCUT2D eigenvalue weighted by molar-refractivity contribution is 9.11. The molecule has 0 radical (unpaired) electrons. The maximum atomic E-state index is 12.0. The number of amides is 1. The molecule has 128 valence electrons. The fraction of sp³-hybridized carbons (Fsp3) is 0.0714. The molecule has 2 aromatic carbocycles. The summed E-state index contributed by atoms with van der Waals surface area (Å²) >= 11 is 12.3. The van der Waals surface area contributed by atoms with Gasteiger partial charge in [0.05, 0.1) is 9.37 Å². The van der Waals surface area contributed by atoms with Gasteiger partial charge in [-0.25, -0.2) is 8.42 Å². The first-order valence-electron chi connectivity index (χ1n) is 6.42. The molecule has 1 amide bonds. The second-order valence-corrected chi connectivity index (χ2v) is 8.36. The van der Waals surface area contributed by atoms with Gasteiger partial charge in [-0.05, 0) is 58.4 Å². The molecule has 0 aliphatic carbocycles. The summed E-state index contributed by atoms with van der Waals surface area (Å²) in [5.41, 5.74) is 2.08. The summed E-state index contributed by atoms with van der Waals surface area (Å²) in [6.07, 6.45) is 0. The van der Waals surface area contributed by atoms with Crippen LogP contribution < -0.4 is 15.0 Å². The van der Waals surface area contributed by atoms with Crippen LogP contribution in [-0.4, -0.2) is 20.9 Å². The van der Waals surface area contributed by atoms with E-state index >= 15 is 0 Å². The molecule has 0 bridgehead atoms. The number of benzene rings is 2. The van der Waals surface area contributed by atoms with Crippen molar-refractivity contribution >= 4 is 59.4 Å². The first kappa shape index (κ1) is 19.2. The van der Waals surface area contributed by atoms with Crippen molar-refractivity contribution in [1.29, 1.82) is 0 Å². The van der Waals surface area contributed by atoms with Crippen LogP contribution in [0.15, 0.2) is 56.3 Å². The minimum absolute atomic E-state index is 0.0243. The van der Waals surface area contributed by atoms with E-state index in [1.807, 2.05) is 4.83 Å². The Labute approximate surface area is 160 Å². The molecule has 0 unspecified atom stereocenters. The molecule has 0 atom stereocenters. The van der Waals surface area contributed by atoms with Crippen molar-refractivity contribution in [3.8, 4) is 5.75 Å². The van der Waals surface area contributed by atoms with E-state index in [1.165, 1.54) is 24.3 Å². The Morgan fingerprint density at radius 1 is 1.12 bits per heavy atom. The number of halogens is 3. The third kappa shape index (κ3) is 5.45. The Balaban J connectivity index is 1.89. The largest absolute Gasteiger partial charge is 0.483 e. The van der Waals surface area contributed by atoms with E-state index in [1.54, 1.807) is 18.2 Å². The van der Waals surface area contributed by atoms with Gasteiger partial charge in [0.25, 0.3) is 15.9 Å². The number of hydrazine groups is 1. The molecule has 10 heteroatoms. The van der Waals surface area contributed by atoms with E-state index in [-0.39, 0.29) is 11.5 Å². The third-order valence-electron chi connectivity index (χ3n) is 2.70. The average molecular weight is 499 g/mol. The summed E-state index contributed by atoms with van der Waals surface area (Å²) < 4.78 is 30.8. The zero-order valence-corrected chi connectivity index (χ0v) is 16.7. The first-order valence-corrected chi connectivity index (χ1v) is 9.87. The Morgan fingerprint density at radius 2 is 1.79 bits per heavy atom. The van der Waals surface area contributed by atoms with Crippen molar-refractivity contribution in [2.75, 3.05) is 6.61 Å². The maximum absolute atomic E-state index is 12.0. The lowest BCUT2D eigenvalue weighted by atomic mass is 10.3. The van der Waals surface area contributed by atoms with Crippen LogP contribution in [0.5, 0.6) is 5.75 Å². The van der Waals surface area contributed by atoms with Gasteiger partial charge in [-0.3, -0.25) is 10.2 Å². The van der Waals surface area contributed by atoms with Crippen LogP contribution >= 0.6 is 43.5 Å². The number of hydrogen-bond acceptors (Lipinski definition) is 4. The van der Waals surface area contributed by atoms with E-state index in [9.17, 15) is 13.2 Å². The lowest BCUT2D eigenvalue weighted by Gasteiger charge is -2.10. The monoisotopic (exact) mass is 496 g/mol. The van der Waals surface area contributed by atoms with Crippen LogP contribution in [0, 0.1) is 0 Å². The fourth-order valence-corrected chi connectivity index (χ4v) is 3.72. The number of ether oxygens (including phenoxy) is 1. The third-order valence-corrected chi connectivity index (χ3v) is 5.33. The zero-order valence-electron chi connectivity index (χ0n) is 11.9. The number of rotatable bonds is 6. The summed E-state index contributed by atoms with van der Waals surface area (Å²) in [6, 6.07) is 10.7. The summed E-state index contributed by atoms with van der Waals surface area (Å²) in [7, 11) is -3.88. The normalized spacial score (nSPS) is 11.1. The van der Waals surface area contributed by atoms with Crippen LogP contribution in [0.2, 0.25) is 5.02 Å². The predicted molar refractivity (Wildman–Crippen MR) is 97.3 cm³/mol. The Morgan fingerprint density at radius 3 is 2.42 bits per heavy atom. The van der Waals surface area contributed by atoms with E-state index < -0.39 is 15.9 Å². The Bertz CT molecular complexity index is 844. The molecule has 0 heterocycles. The SMILES string of the molecule is O=C(COc1ccc(Br)cc1Br)NNS(=O)(=O)c1ccc(Cl)cc1. The highest BCUT2D eigenvalue weighted by atomic mass is 79.9. The lowest BCUT2D eigenvalue weighted by molar-refractivity contribution is -0.123. The summed E-state index contributed by atoms with van der Waals surface area (Å²) in [5, 5.41) is 0.409. The van der Waals surface area contributed by atoms with E-state index in [0.29, 0.717) is 15.2 Å². The molecule has 2 rings (SSSR count). The van der Waals surface area contributed by atoms with Gasteiger partial charge in [0.1, 0.15) is 5.75 Å². The second kappa shape index (κ2) is 8.30. The van der Waals surface area contributed by atoms with Gasteiger partial charge in [-0.15, -0.1) is 4.83 Å². The predicted octanol–water partition coefficient (Wildman–Crippen LogP) is 3.25. The molecule has 0 spiro atoms. The van der Waals surface area contributed by atoms with E-state index in [4.69, 9.17) is 16.3 Å². The summed E-state index contributed by atoms with van der Waals surface area (Å²) in [4.78, 5) is 13.7. The molecule has 6 nitrogen and oxygen atoms in total. The van der Waals surface area contributed by atoms with Crippen molar-refractivity contribution in [1.82, 2.24) is 10.3 Å². The molecule has 0 saturated heterocycles. The average Bonchev–Trinajstić information content (AvgIpc) is 2.52. The molecule has 2 aromatic rings. The number of nitrogens with one attached hydrogen (secondary N) is 2. The van der Waals surface area contributed by atoms with Gasteiger partial charge < -0.3 is 4.74 Å². The van der Waals surface area contributed by atoms with Crippen LogP contribution in [0.25, 0.3) is 0 Å². The quantitative estimate of drug-likeness (QED) is 0.599. The number of sulfonamides is 1. The molecule has 0 saturated carbocycles. The van der Waals surface area contributed by atoms with Crippen LogP contribution in [0.4, 0.5) is 0 Å². The Kier molecular flexibility index (Phi) is 6.64. The van der Waals surface area contributed by atoms with Gasteiger partial charge in [0.2, 0.25) is 0 Å². The smallest absolute Gasteiger partial charge is 0.272 e. The molecular weight excluding hydrogens is 487 g/mol. The highest BCUT2D eigenvalue weighted by Gasteiger charge is 2.15. The van der Waals surface area contributed by atoms with Gasteiger partial charge in [0, 0.05) is 9.50 Å². The standard InChI is InChI=1S/C14H11Br2ClN2O4S/c15-9-1-6-13(12(16)7-9)23-8-14(20)18-19-24(21,22)11-4-2-10(17)3-5-11/h1-7,19H,8H2,(H,18,20).